The van der Waals surface area contributed by atoms with Gasteiger partial charge in [-0.05, 0) is 56.3 Å². The van der Waals surface area contributed by atoms with Crippen molar-refractivity contribution in [2.24, 2.45) is 0 Å². The summed E-state index contributed by atoms with van der Waals surface area (Å²) in [6.45, 7) is 0. The summed E-state index contributed by atoms with van der Waals surface area (Å²) in [7, 11) is 1.70. The van der Waals surface area contributed by atoms with E-state index in [-0.39, 0.29) is 0 Å². The van der Waals surface area contributed by atoms with E-state index in [4.69, 9.17) is 14.7 Å². The summed E-state index contributed by atoms with van der Waals surface area (Å²) in [5.74, 6) is 0.850. The molecule has 0 radical (unpaired) electrons. The summed E-state index contributed by atoms with van der Waals surface area (Å²) >= 11 is 0. The highest BCUT2D eigenvalue weighted by atomic mass is 16.5. The van der Waals surface area contributed by atoms with Crippen LogP contribution in [0.5, 0.6) is 5.75 Å². The molecule has 0 aliphatic heterocycles. The van der Waals surface area contributed by atoms with Gasteiger partial charge in [-0.25, -0.2) is 4.98 Å². The van der Waals surface area contributed by atoms with Crippen LogP contribution in [0.3, 0.4) is 0 Å². The molecule has 3 heteroatoms. The topological polar surface area (TPSA) is 35.0 Å². The average Bonchev–Trinajstić information content (AvgIpc) is 2.95. The lowest BCUT2D eigenvalue weighted by atomic mass is 9.87. The van der Waals surface area contributed by atoms with Crippen LogP contribution in [0.25, 0.3) is 65.7 Å². The molecule has 0 fully saturated rings. The third kappa shape index (κ3) is 3.14. The van der Waals surface area contributed by atoms with Gasteiger partial charge in [-0.2, -0.15) is 0 Å². The number of hydrogen-bond acceptors (Lipinski definition) is 3. The Bertz CT molecular complexity index is 1870. The molecule has 0 atom stereocenters. The molecule has 3 nitrogen and oxygen atoms in total. The van der Waals surface area contributed by atoms with Gasteiger partial charge in [-0.15, -0.1) is 0 Å². The van der Waals surface area contributed by atoms with E-state index < -0.39 is 0 Å². The van der Waals surface area contributed by atoms with Crippen LogP contribution in [0.15, 0.2) is 115 Å². The number of nitrogens with zero attached hydrogens (tertiary/aromatic N) is 2. The first-order chi connectivity index (χ1) is 17.8. The quantitative estimate of drug-likeness (QED) is 0.195. The summed E-state index contributed by atoms with van der Waals surface area (Å²) < 4.78 is 5.41. The molecular weight excluding hydrogens is 440 g/mol. The van der Waals surface area contributed by atoms with Crippen molar-refractivity contribution in [3.8, 4) is 28.1 Å². The van der Waals surface area contributed by atoms with Crippen molar-refractivity contribution in [3.63, 3.8) is 0 Å². The first-order valence-electron chi connectivity index (χ1n) is 12.0. The molecule has 0 saturated carbocycles. The highest BCUT2D eigenvalue weighted by molar-refractivity contribution is 6.21. The molecular formula is C33H22N2O. The van der Waals surface area contributed by atoms with Crippen LogP contribution in [0, 0.1) is 0 Å². The van der Waals surface area contributed by atoms with Crippen molar-refractivity contribution in [1.29, 1.82) is 0 Å². The van der Waals surface area contributed by atoms with E-state index in [0.29, 0.717) is 0 Å². The molecule has 0 N–H and O–H groups in total. The summed E-state index contributed by atoms with van der Waals surface area (Å²) in [6, 6.07) is 38.0. The largest absolute Gasteiger partial charge is 0.497 e. The van der Waals surface area contributed by atoms with Gasteiger partial charge in [-0.1, -0.05) is 91.0 Å². The molecule has 6 aromatic carbocycles. The number of aromatic nitrogens is 2. The van der Waals surface area contributed by atoms with E-state index in [1.807, 2.05) is 18.3 Å². The second kappa shape index (κ2) is 8.17. The van der Waals surface area contributed by atoms with Crippen molar-refractivity contribution in [3.05, 3.63) is 115 Å². The zero-order chi connectivity index (χ0) is 24.1. The maximum Gasteiger partial charge on any atom is 0.118 e. The number of benzene rings is 6. The highest BCUT2D eigenvalue weighted by Crippen LogP contribution is 2.43. The van der Waals surface area contributed by atoms with Crippen LogP contribution in [0.2, 0.25) is 0 Å². The standard InChI is InChI=1S/C33H22N2O/c1-36-23-17-14-22(15-18-23)31-25-10-4-6-12-27(25)32(28-13-7-5-11-26(28)31)30-20-34-29-19-16-21-8-2-3-9-24(21)33(29)35-30/h2-20H,1H3. The molecule has 7 rings (SSSR count). The minimum Gasteiger partial charge on any atom is -0.497 e. The Balaban J connectivity index is 1.59. The molecule has 1 aromatic heterocycles. The van der Waals surface area contributed by atoms with E-state index in [0.717, 1.165) is 49.8 Å². The minimum atomic E-state index is 0.850. The Kier molecular flexibility index (Phi) is 4.68. The lowest BCUT2D eigenvalue weighted by molar-refractivity contribution is 0.415. The Labute approximate surface area is 208 Å². The summed E-state index contributed by atoms with van der Waals surface area (Å²) in [5, 5.41) is 6.99. The van der Waals surface area contributed by atoms with Crippen LogP contribution >= 0.6 is 0 Å². The fourth-order valence-electron chi connectivity index (χ4n) is 5.34. The third-order valence-corrected chi connectivity index (χ3v) is 7.00. The number of methoxy groups -OCH3 is 1. The number of hydrogen-bond donors (Lipinski definition) is 0. The monoisotopic (exact) mass is 462 g/mol. The predicted molar refractivity (Wildman–Crippen MR) is 149 cm³/mol. The lowest BCUT2D eigenvalue weighted by Gasteiger charge is -2.17. The number of fused-ring (bicyclic) bond motifs is 5. The Hall–Kier alpha value is -4.76. The first kappa shape index (κ1) is 20.6. The maximum atomic E-state index is 5.41. The van der Waals surface area contributed by atoms with Crippen LogP contribution in [-0.4, -0.2) is 17.1 Å². The minimum absolute atomic E-state index is 0.850. The zero-order valence-corrected chi connectivity index (χ0v) is 19.8. The molecule has 170 valence electrons. The van der Waals surface area contributed by atoms with Crippen molar-refractivity contribution in [1.82, 2.24) is 9.97 Å². The second-order valence-electron chi connectivity index (χ2n) is 8.98. The molecule has 7 aromatic rings. The molecule has 0 saturated heterocycles. The van der Waals surface area contributed by atoms with Crippen LogP contribution < -0.4 is 4.74 Å². The predicted octanol–water partition coefficient (Wildman–Crippen LogP) is 8.43. The maximum absolute atomic E-state index is 5.41. The number of rotatable bonds is 3. The van der Waals surface area contributed by atoms with E-state index >= 15 is 0 Å². The summed E-state index contributed by atoms with van der Waals surface area (Å²) in [6.07, 6.45) is 1.92. The zero-order valence-electron chi connectivity index (χ0n) is 19.8. The molecule has 1 heterocycles. The van der Waals surface area contributed by atoms with Crippen LogP contribution in [0.1, 0.15) is 0 Å². The SMILES string of the molecule is COc1ccc(-c2c3ccccc3c(-c3cnc4ccc5ccccc5c4n3)c3ccccc23)cc1. The van der Waals surface area contributed by atoms with Gasteiger partial charge in [0.05, 0.1) is 30.0 Å². The fraction of sp³-hybridized carbons (Fsp3) is 0.0303. The van der Waals surface area contributed by atoms with Gasteiger partial charge >= 0.3 is 0 Å². The lowest BCUT2D eigenvalue weighted by Crippen LogP contribution is -1.94. The summed E-state index contributed by atoms with van der Waals surface area (Å²) in [4.78, 5) is 10.1. The Morgan fingerprint density at radius 3 is 1.78 bits per heavy atom. The molecule has 0 unspecified atom stereocenters. The molecule has 36 heavy (non-hydrogen) atoms. The van der Waals surface area contributed by atoms with Gasteiger partial charge in [0.15, 0.2) is 0 Å². The van der Waals surface area contributed by atoms with Gasteiger partial charge in [-0.3, -0.25) is 4.98 Å². The van der Waals surface area contributed by atoms with E-state index in [9.17, 15) is 0 Å². The fourth-order valence-corrected chi connectivity index (χ4v) is 5.34. The van der Waals surface area contributed by atoms with Gasteiger partial charge in [0.2, 0.25) is 0 Å². The van der Waals surface area contributed by atoms with Crippen LogP contribution in [0.4, 0.5) is 0 Å². The van der Waals surface area contributed by atoms with Gasteiger partial charge in [0, 0.05) is 10.9 Å². The van der Waals surface area contributed by atoms with Crippen molar-refractivity contribution in [2.45, 2.75) is 0 Å². The molecule has 0 spiro atoms. The Morgan fingerprint density at radius 2 is 1.14 bits per heavy atom. The molecule has 0 amide bonds. The highest BCUT2D eigenvalue weighted by Gasteiger charge is 2.18. The van der Waals surface area contributed by atoms with E-state index in [1.54, 1.807) is 7.11 Å². The number of ether oxygens (including phenoxy) is 1. The van der Waals surface area contributed by atoms with Gasteiger partial charge in [0.1, 0.15) is 5.75 Å². The smallest absolute Gasteiger partial charge is 0.118 e. The normalized spacial score (nSPS) is 11.5. The van der Waals surface area contributed by atoms with Gasteiger partial charge in [0.25, 0.3) is 0 Å². The average molecular weight is 463 g/mol. The summed E-state index contributed by atoms with van der Waals surface area (Å²) in [5.41, 5.74) is 6.20. The Morgan fingerprint density at radius 1 is 0.556 bits per heavy atom. The van der Waals surface area contributed by atoms with Crippen molar-refractivity contribution < 1.29 is 4.74 Å². The molecule has 0 aliphatic rings. The van der Waals surface area contributed by atoms with E-state index in [2.05, 4.69) is 97.1 Å². The van der Waals surface area contributed by atoms with Crippen LogP contribution in [-0.2, 0) is 0 Å². The van der Waals surface area contributed by atoms with Crippen molar-refractivity contribution >= 4 is 43.4 Å². The molecule has 0 bridgehead atoms. The first-order valence-corrected chi connectivity index (χ1v) is 12.0. The third-order valence-electron chi connectivity index (χ3n) is 7.00. The molecule has 0 aliphatic carbocycles. The second-order valence-corrected chi connectivity index (χ2v) is 8.98. The van der Waals surface area contributed by atoms with E-state index in [1.165, 1.54) is 21.7 Å². The van der Waals surface area contributed by atoms with Gasteiger partial charge < -0.3 is 4.74 Å². The van der Waals surface area contributed by atoms with Crippen molar-refractivity contribution in [2.75, 3.05) is 7.11 Å².